The standard InChI is InChI=1S/C17H20N6O/c1-10-7-12(11-3-5-13(24-2)6-4-11)8-23(10)16-14-15(20-9-19-14)21-17(18)22-16/h3-6,9-10,12H,7-8H2,1-2H3,(H3,18,19,20,21,22)/t10-,12+/m0/s1. The number of nitrogen functional groups attached to an aromatic ring is 1. The molecule has 24 heavy (non-hydrogen) atoms. The van der Waals surface area contributed by atoms with E-state index in [0.29, 0.717) is 17.6 Å². The maximum absolute atomic E-state index is 5.86. The van der Waals surface area contributed by atoms with E-state index in [0.717, 1.165) is 30.0 Å². The molecule has 0 spiro atoms. The Balaban J connectivity index is 1.65. The molecule has 3 heterocycles. The van der Waals surface area contributed by atoms with Gasteiger partial charge in [0.25, 0.3) is 0 Å². The van der Waals surface area contributed by atoms with E-state index in [9.17, 15) is 0 Å². The van der Waals surface area contributed by atoms with Crippen LogP contribution in [-0.2, 0) is 0 Å². The number of rotatable bonds is 3. The molecule has 2 aromatic heterocycles. The number of nitrogens with two attached hydrogens (primary N) is 1. The molecule has 7 nitrogen and oxygen atoms in total. The Morgan fingerprint density at radius 1 is 1.25 bits per heavy atom. The molecule has 3 aromatic rings. The van der Waals surface area contributed by atoms with Crippen LogP contribution in [0.5, 0.6) is 5.75 Å². The monoisotopic (exact) mass is 324 g/mol. The quantitative estimate of drug-likeness (QED) is 0.768. The summed E-state index contributed by atoms with van der Waals surface area (Å²) in [6, 6.07) is 8.66. The number of anilines is 2. The lowest BCUT2D eigenvalue weighted by Crippen LogP contribution is -2.28. The molecule has 4 rings (SSSR count). The number of hydrogen-bond acceptors (Lipinski definition) is 6. The number of hydrogen-bond donors (Lipinski definition) is 2. The SMILES string of the molecule is COc1ccc([C@@H]2C[C@H](C)N(c3nc(N)nc4nc[nH]c34)C2)cc1. The van der Waals surface area contributed by atoms with Gasteiger partial charge in [-0.2, -0.15) is 9.97 Å². The second-order valence-electron chi connectivity index (χ2n) is 6.21. The molecule has 3 N–H and O–H groups in total. The minimum Gasteiger partial charge on any atom is -0.497 e. The molecule has 1 aliphatic heterocycles. The average molecular weight is 324 g/mol. The Labute approximate surface area is 139 Å². The van der Waals surface area contributed by atoms with Crippen molar-refractivity contribution in [2.24, 2.45) is 0 Å². The Morgan fingerprint density at radius 2 is 2.04 bits per heavy atom. The van der Waals surface area contributed by atoms with Gasteiger partial charge in [0.05, 0.1) is 13.4 Å². The van der Waals surface area contributed by atoms with Crippen LogP contribution in [0.3, 0.4) is 0 Å². The summed E-state index contributed by atoms with van der Waals surface area (Å²) in [5.41, 5.74) is 8.62. The lowest BCUT2D eigenvalue weighted by molar-refractivity contribution is 0.414. The number of methoxy groups -OCH3 is 1. The minimum atomic E-state index is 0.254. The van der Waals surface area contributed by atoms with Gasteiger partial charge in [0.1, 0.15) is 11.3 Å². The summed E-state index contributed by atoms with van der Waals surface area (Å²) in [5, 5.41) is 0. The zero-order valence-corrected chi connectivity index (χ0v) is 13.7. The Hall–Kier alpha value is -2.83. The van der Waals surface area contributed by atoms with Crippen molar-refractivity contribution in [2.45, 2.75) is 25.3 Å². The highest BCUT2D eigenvalue weighted by Crippen LogP contribution is 2.36. The lowest BCUT2D eigenvalue weighted by atomic mass is 9.97. The van der Waals surface area contributed by atoms with Crippen LogP contribution in [0.15, 0.2) is 30.6 Å². The van der Waals surface area contributed by atoms with Crippen molar-refractivity contribution in [3.05, 3.63) is 36.2 Å². The van der Waals surface area contributed by atoms with Crippen LogP contribution in [0.2, 0.25) is 0 Å². The highest BCUT2D eigenvalue weighted by atomic mass is 16.5. The van der Waals surface area contributed by atoms with E-state index in [1.54, 1.807) is 13.4 Å². The van der Waals surface area contributed by atoms with Crippen molar-refractivity contribution >= 4 is 22.9 Å². The lowest BCUT2D eigenvalue weighted by Gasteiger charge is -2.23. The number of fused-ring (bicyclic) bond motifs is 1. The number of aromatic nitrogens is 4. The zero-order valence-electron chi connectivity index (χ0n) is 13.7. The molecule has 1 aromatic carbocycles. The van der Waals surface area contributed by atoms with Crippen molar-refractivity contribution in [2.75, 3.05) is 24.3 Å². The Morgan fingerprint density at radius 3 is 2.79 bits per heavy atom. The van der Waals surface area contributed by atoms with Gasteiger partial charge < -0.3 is 20.4 Å². The Kier molecular flexibility index (Phi) is 3.48. The molecule has 1 saturated heterocycles. The van der Waals surface area contributed by atoms with E-state index in [1.165, 1.54) is 5.56 Å². The van der Waals surface area contributed by atoms with Gasteiger partial charge in [0.2, 0.25) is 5.95 Å². The van der Waals surface area contributed by atoms with Crippen LogP contribution in [0, 0.1) is 0 Å². The van der Waals surface area contributed by atoms with Gasteiger partial charge in [0, 0.05) is 18.5 Å². The van der Waals surface area contributed by atoms with Gasteiger partial charge in [-0.05, 0) is 31.0 Å². The molecule has 1 fully saturated rings. The van der Waals surface area contributed by atoms with Gasteiger partial charge in [0.15, 0.2) is 11.5 Å². The molecule has 7 heteroatoms. The van der Waals surface area contributed by atoms with Gasteiger partial charge >= 0.3 is 0 Å². The summed E-state index contributed by atoms with van der Waals surface area (Å²) in [6.07, 6.45) is 2.69. The first kappa shape index (κ1) is 14.7. The fourth-order valence-corrected chi connectivity index (χ4v) is 3.49. The first-order chi connectivity index (χ1) is 11.7. The van der Waals surface area contributed by atoms with Gasteiger partial charge in [-0.15, -0.1) is 0 Å². The van der Waals surface area contributed by atoms with E-state index in [2.05, 4.69) is 43.9 Å². The van der Waals surface area contributed by atoms with Crippen LogP contribution >= 0.6 is 0 Å². The highest BCUT2D eigenvalue weighted by molar-refractivity contribution is 5.84. The normalized spacial score (nSPS) is 20.7. The van der Waals surface area contributed by atoms with Crippen molar-refractivity contribution in [3.63, 3.8) is 0 Å². The molecule has 0 amide bonds. The van der Waals surface area contributed by atoms with Crippen molar-refractivity contribution in [1.82, 2.24) is 19.9 Å². The second-order valence-corrected chi connectivity index (χ2v) is 6.21. The van der Waals surface area contributed by atoms with Gasteiger partial charge in [-0.1, -0.05) is 12.1 Å². The first-order valence-corrected chi connectivity index (χ1v) is 8.03. The number of H-pyrrole nitrogens is 1. The number of imidazole rings is 1. The average Bonchev–Trinajstić information content (AvgIpc) is 3.20. The molecule has 0 radical (unpaired) electrons. The van der Waals surface area contributed by atoms with E-state index >= 15 is 0 Å². The molecular formula is C17H20N6O. The molecule has 0 bridgehead atoms. The fourth-order valence-electron chi connectivity index (χ4n) is 3.49. The number of nitrogens with zero attached hydrogens (tertiary/aromatic N) is 4. The molecule has 0 unspecified atom stereocenters. The maximum Gasteiger partial charge on any atom is 0.224 e. The summed E-state index contributed by atoms with van der Waals surface area (Å²) in [5.74, 6) is 2.41. The van der Waals surface area contributed by atoms with E-state index in [-0.39, 0.29) is 5.95 Å². The van der Waals surface area contributed by atoms with Crippen LogP contribution in [0.1, 0.15) is 24.8 Å². The van der Waals surface area contributed by atoms with Crippen LogP contribution < -0.4 is 15.4 Å². The van der Waals surface area contributed by atoms with Crippen molar-refractivity contribution in [1.29, 1.82) is 0 Å². The minimum absolute atomic E-state index is 0.254. The largest absolute Gasteiger partial charge is 0.497 e. The van der Waals surface area contributed by atoms with Crippen LogP contribution in [0.4, 0.5) is 11.8 Å². The summed E-state index contributed by atoms with van der Waals surface area (Å²) in [6.45, 7) is 3.10. The smallest absolute Gasteiger partial charge is 0.224 e. The maximum atomic E-state index is 5.86. The molecule has 1 aliphatic rings. The summed E-state index contributed by atoms with van der Waals surface area (Å²) in [7, 11) is 1.68. The van der Waals surface area contributed by atoms with Crippen molar-refractivity contribution in [3.8, 4) is 5.75 Å². The second kappa shape index (κ2) is 5.67. The van der Waals surface area contributed by atoms with Gasteiger partial charge in [-0.25, -0.2) is 4.98 Å². The van der Waals surface area contributed by atoms with E-state index < -0.39 is 0 Å². The predicted molar refractivity (Wildman–Crippen MR) is 93.3 cm³/mol. The molecule has 124 valence electrons. The number of aromatic amines is 1. The van der Waals surface area contributed by atoms with Crippen LogP contribution in [0.25, 0.3) is 11.2 Å². The number of benzene rings is 1. The number of nitrogens with one attached hydrogen (secondary N) is 1. The van der Waals surface area contributed by atoms with Crippen LogP contribution in [-0.4, -0.2) is 39.6 Å². The van der Waals surface area contributed by atoms with Gasteiger partial charge in [-0.3, -0.25) is 0 Å². The van der Waals surface area contributed by atoms with Crippen molar-refractivity contribution < 1.29 is 4.74 Å². The Bertz CT molecular complexity index is 859. The molecule has 0 saturated carbocycles. The predicted octanol–water partition coefficient (Wildman–Crippen LogP) is 2.33. The third-order valence-electron chi connectivity index (χ3n) is 4.72. The third kappa shape index (κ3) is 2.42. The number of ether oxygens (including phenoxy) is 1. The summed E-state index contributed by atoms with van der Waals surface area (Å²) < 4.78 is 5.24. The molecule has 0 aliphatic carbocycles. The molecular weight excluding hydrogens is 304 g/mol. The topological polar surface area (TPSA) is 92.9 Å². The van der Waals surface area contributed by atoms with E-state index in [1.807, 2.05) is 12.1 Å². The van der Waals surface area contributed by atoms with E-state index in [4.69, 9.17) is 10.5 Å². The highest BCUT2D eigenvalue weighted by Gasteiger charge is 2.32. The fraction of sp³-hybridized carbons (Fsp3) is 0.353. The third-order valence-corrected chi connectivity index (χ3v) is 4.72. The zero-order chi connectivity index (χ0) is 16.7. The summed E-state index contributed by atoms with van der Waals surface area (Å²) in [4.78, 5) is 18.3. The first-order valence-electron chi connectivity index (χ1n) is 8.03. The summed E-state index contributed by atoms with van der Waals surface area (Å²) >= 11 is 0. The molecule has 2 atom stereocenters.